The Bertz CT molecular complexity index is 778. The number of phenolic OH excluding ortho intramolecular Hbond substituents is 1. The van der Waals surface area contributed by atoms with Gasteiger partial charge in [-0.1, -0.05) is 0 Å². The molecule has 2 saturated heterocycles. The van der Waals surface area contributed by atoms with Gasteiger partial charge in [-0.25, -0.2) is 9.79 Å². The Hall–Kier alpha value is -2.28. The number of nitrogens with zero attached hydrogens (tertiary/aromatic N) is 3. The summed E-state index contributed by atoms with van der Waals surface area (Å²) in [6.45, 7) is 8.37. The molecule has 1 aromatic rings. The summed E-state index contributed by atoms with van der Waals surface area (Å²) in [5, 5.41) is 9.74. The molecule has 2 fully saturated rings. The second-order valence-electron chi connectivity index (χ2n) is 9.05. The summed E-state index contributed by atoms with van der Waals surface area (Å²) >= 11 is 0. The molecule has 1 atom stereocenters. The summed E-state index contributed by atoms with van der Waals surface area (Å²) in [6.07, 6.45) is 4.23. The summed E-state index contributed by atoms with van der Waals surface area (Å²) < 4.78 is 11.7. The average Bonchev–Trinajstić information content (AvgIpc) is 3.04. The van der Waals surface area contributed by atoms with Crippen LogP contribution in [0.4, 0.5) is 10.5 Å². The monoisotopic (exact) mass is 387 g/mol. The first kappa shape index (κ1) is 19.1. The van der Waals surface area contributed by atoms with Crippen molar-refractivity contribution < 1.29 is 19.4 Å². The van der Waals surface area contributed by atoms with Crippen LogP contribution in [0.25, 0.3) is 0 Å². The Kier molecular flexibility index (Phi) is 4.73. The summed E-state index contributed by atoms with van der Waals surface area (Å²) in [6, 6.07) is 5.55. The number of benzene rings is 1. The van der Waals surface area contributed by atoms with Crippen LogP contribution in [0.15, 0.2) is 23.2 Å². The lowest BCUT2D eigenvalue weighted by Gasteiger charge is -2.39. The van der Waals surface area contributed by atoms with Crippen molar-refractivity contribution in [2.45, 2.75) is 63.8 Å². The van der Waals surface area contributed by atoms with Gasteiger partial charge >= 0.3 is 6.09 Å². The van der Waals surface area contributed by atoms with Gasteiger partial charge in [-0.05, 0) is 58.2 Å². The molecule has 28 heavy (non-hydrogen) atoms. The zero-order valence-electron chi connectivity index (χ0n) is 16.9. The largest absolute Gasteiger partial charge is 0.508 e. The minimum atomic E-state index is -0.473. The summed E-state index contributed by atoms with van der Waals surface area (Å²) in [7, 11) is 0. The van der Waals surface area contributed by atoms with E-state index in [0.717, 1.165) is 37.1 Å². The fourth-order valence-electron chi connectivity index (χ4n) is 4.23. The van der Waals surface area contributed by atoms with E-state index in [0.29, 0.717) is 19.7 Å². The van der Waals surface area contributed by atoms with E-state index in [9.17, 15) is 9.90 Å². The molecule has 1 amide bonds. The fourth-order valence-corrected chi connectivity index (χ4v) is 4.23. The molecule has 1 spiro atoms. The predicted octanol–water partition coefficient (Wildman–Crippen LogP) is 3.43. The zero-order valence-corrected chi connectivity index (χ0v) is 16.9. The molecular weight excluding hydrogens is 358 g/mol. The van der Waals surface area contributed by atoms with Crippen LogP contribution < -0.4 is 0 Å². The third-order valence-corrected chi connectivity index (χ3v) is 5.75. The molecule has 0 saturated carbocycles. The Balaban J connectivity index is 1.35. The number of carbonyl (C=O) groups excluding carboxylic acids is 1. The Morgan fingerprint density at radius 1 is 1.32 bits per heavy atom. The Morgan fingerprint density at radius 2 is 2.07 bits per heavy atom. The van der Waals surface area contributed by atoms with E-state index in [2.05, 4.69) is 9.89 Å². The Labute approximate surface area is 165 Å². The van der Waals surface area contributed by atoms with Gasteiger partial charge in [0.25, 0.3) is 0 Å². The molecule has 7 heteroatoms. The summed E-state index contributed by atoms with van der Waals surface area (Å²) in [5.74, 6) is 0.268. The summed E-state index contributed by atoms with van der Waals surface area (Å²) in [4.78, 5) is 20.8. The number of fused-ring (bicyclic) bond motifs is 1. The molecular formula is C21H29N3O4. The number of piperidine rings is 1. The second kappa shape index (κ2) is 6.95. The number of likely N-dealkylation sites (tertiary alicyclic amines) is 1. The molecule has 3 aliphatic rings. The molecule has 1 aromatic carbocycles. The van der Waals surface area contributed by atoms with E-state index in [1.807, 2.05) is 33.2 Å². The lowest BCUT2D eigenvalue weighted by molar-refractivity contribution is -0.0487. The van der Waals surface area contributed by atoms with Crippen LogP contribution in [0.1, 0.15) is 45.6 Å². The van der Waals surface area contributed by atoms with Crippen LogP contribution in [0.3, 0.4) is 0 Å². The van der Waals surface area contributed by atoms with Crippen LogP contribution in [0.5, 0.6) is 5.75 Å². The number of hydrogen-bond donors (Lipinski definition) is 1. The number of phenols is 1. The van der Waals surface area contributed by atoms with Crippen LogP contribution in [0, 0.1) is 0 Å². The van der Waals surface area contributed by atoms with E-state index in [1.165, 1.54) is 0 Å². The van der Waals surface area contributed by atoms with Crippen molar-refractivity contribution in [1.82, 2.24) is 9.80 Å². The Morgan fingerprint density at radius 3 is 2.79 bits per heavy atom. The van der Waals surface area contributed by atoms with Crippen LogP contribution in [0.2, 0.25) is 0 Å². The van der Waals surface area contributed by atoms with Gasteiger partial charge in [0.15, 0.2) is 0 Å². The predicted molar refractivity (Wildman–Crippen MR) is 106 cm³/mol. The van der Waals surface area contributed by atoms with Crippen molar-refractivity contribution in [3.8, 4) is 5.75 Å². The van der Waals surface area contributed by atoms with E-state index < -0.39 is 5.60 Å². The molecule has 152 valence electrons. The average molecular weight is 387 g/mol. The maximum atomic E-state index is 12.3. The second-order valence-corrected chi connectivity index (χ2v) is 9.05. The molecule has 7 nitrogen and oxygen atoms in total. The first-order chi connectivity index (χ1) is 13.2. The maximum absolute atomic E-state index is 12.3. The lowest BCUT2D eigenvalue weighted by atomic mass is 9.87. The quantitative estimate of drug-likeness (QED) is 0.799. The van der Waals surface area contributed by atoms with E-state index in [4.69, 9.17) is 9.47 Å². The number of hydrogen-bond acceptors (Lipinski definition) is 6. The van der Waals surface area contributed by atoms with Crippen molar-refractivity contribution in [3.63, 3.8) is 0 Å². The van der Waals surface area contributed by atoms with Gasteiger partial charge in [-0.3, -0.25) is 0 Å². The van der Waals surface area contributed by atoms with Gasteiger partial charge in [-0.2, -0.15) is 0 Å². The minimum Gasteiger partial charge on any atom is -0.508 e. The molecule has 0 aromatic heterocycles. The van der Waals surface area contributed by atoms with Crippen molar-refractivity contribution in [1.29, 1.82) is 0 Å². The van der Waals surface area contributed by atoms with Crippen molar-refractivity contribution in [2.24, 2.45) is 4.99 Å². The van der Waals surface area contributed by atoms with Crippen molar-refractivity contribution in [3.05, 3.63) is 23.8 Å². The highest BCUT2D eigenvalue weighted by molar-refractivity contribution is 5.69. The molecule has 0 aliphatic carbocycles. The normalized spacial score (nSPS) is 23.8. The third kappa shape index (κ3) is 3.94. The zero-order chi connectivity index (χ0) is 19.9. The number of rotatable bonds is 1. The first-order valence-electron chi connectivity index (χ1n) is 9.97. The number of amides is 1. The van der Waals surface area contributed by atoms with E-state index in [-0.39, 0.29) is 23.5 Å². The highest BCUT2D eigenvalue weighted by Gasteiger charge is 2.45. The first-order valence-corrected chi connectivity index (χ1v) is 9.97. The topological polar surface area (TPSA) is 74.6 Å². The highest BCUT2D eigenvalue weighted by atomic mass is 16.6. The minimum absolute atomic E-state index is 0.171. The van der Waals surface area contributed by atoms with Crippen LogP contribution >= 0.6 is 0 Å². The van der Waals surface area contributed by atoms with E-state index >= 15 is 0 Å². The molecule has 1 N–H and O–H groups in total. The summed E-state index contributed by atoms with van der Waals surface area (Å²) in [5.41, 5.74) is 1.30. The lowest BCUT2D eigenvalue weighted by Crippen LogP contribution is -2.48. The van der Waals surface area contributed by atoms with Gasteiger partial charge in [0, 0.05) is 25.2 Å². The highest BCUT2D eigenvalue weighted by Crippen LogP contribution is 2.39. The van der Waals surface area contributed by atoms with Gasteiger partial charge in [-0.15, -0.1) is 0 Å². The molecule has 0 radical (unpaired) electrons. The number of aliphatic imine (C=N–C) groups is 1. The third-order valence-electron chi connectivity index (χ3n) is 5.75. The molecule has 0 bridgehead atoms. The molecule has 4 rings (SSSR count). The van der Waals surface area contributed by atoms with Gasteiger partial charge in [0.1, 0.15) is 11.4 Å². The standard InChI is InChI=1S/C21H29N3O4/c1-20(2,3)28-19(26)23-8-6-21(7-9-23)11-16(13-27-21)24-12-15-10-17(25)4-5-18(15)22-14-24/h4-5,10,14,16,25H,6-9,11-13H2,1-3H3. The smallest absolute Gasteiger partial charge is 0.410 e. The molecule has 3 heterocycles. The van der Waals surface area contributed by atoms with Crippen LogP contribution in [-0.2, 0) is 16.0 Å². The van der Waals surface area contributed by atoms with Gasteiger partial charge in [0.2, 0.25) is 0 Å². The van der Waals surface area contributed by atoms with Crippen molar-refractivity contribution in [2.75, 3.05) is 19.7 Å². The maximum Gasteiger partial charge on any atom is 0.410 e. The number of ether oxygens (including phenoxy) is 2. The SMILES string of the molecule is CC(C)(C)OC(=O)N1CCC2(CC1)CC(N1C=Nc3ccc(O)cc3C1)CO2. The van der Waals surface area contributed by atoms with E-state index in [1.54, 1.807) is 17.0 Å². The van der Waals surface area contributed by atoms with Crippen LogP contribution in [-0.4, -0.2) is 64.3 Å². The van der Waals surface area contributed by atoms with Gasteiger partial charge in [0.05, 0.1) is 30.3 Å². The number of aromatic hydroxyl groups is 1. The molecule has 3 aliphatic heterocycles. The van der Waals surface area contributed by atoms with Gasteiger partial charge < -0.3 is 24.4 Å². The fraction of sp³-hybridized carbons (Fsp3) is 0.619. The van der Waals surface area contributed by atoms with Crippen molar-refractivity contribution >= 4 is 18.1 Å². The number of carbonyl (C=O) groups is 1. The molecule has 1 unspecified atom stereocenters.